The fraction of sp³-hybridized carbons (Fsp3) is 0.429. The summed E-state index contributed by atoms with van der Waals surface area (Å²) in [6, 6.07) is 7.87. The van der Waals surface area contributed by atoms with Gasteiger partial charge in [0.25, 0.3) is 0 Å². The van der Waals surface area contributed by atoms with Crippen LogP contribution in [0.15, 0.2) is 33.7 Å². The van der Waals surface area contributed by atoms with Gasteiger partial charge in [-0.3, -0.25) is 0 Å². The van der Waals surface area contributed by atoms with E-state index in [-0.39, 0.29) is 0 Å². The number of rotatable bonds is 6. The van der Waals surface area contributed by atoms with Crippen LogP contribution >= 0.6 is 11.8 Å². The predicted molar refractivity (Wildman–Crippen MR) is 74.9 cm³/mol. The molecule has 0 saturated carbocycles. The normalized spacial score (nSPS) is 12.6. The van der Waals surface area contributed by atoms with Gasteiger partial charge in [0.1, 0.15) is 0 Å². The van der Waals surface area contributed by atoms with Gasteiger partial charge in [0.2, 0.25) is 5.89 Å². The Labute approximate surface area is 117 Å². The molecule has 0 aliphatic heterocycles. The summed E-state index contributed by atoms with van der Waals surface area (Å²) in [5.41, 5.74) is 0.921. The minimum absolute atomic E-state index is 0.443. The molecule has 1 aromatic heterocycles. The van der Waals surface area contributed by atoms with Gasteiger partial charge in [-0.2, -0.15) is 4.98 Å². The summed E-state index contributed by atoms with van der Waals surface area (Å²) >= 11 is 1.64. The van der Waals surface area contributed by atoms with Gasteiger partial charge < -0.3 is 9.63 Å². The fourth-order valence-electron chi connectivity index (χ4n) is 1.68. The minimum atomic E-state index is -0.443. The van der Waals surface area contributed by atoms with Crippen molar-refractivity contribution in [2.75, 3.05) is 0 Å². The molecule has 0 bridgehead atoms. The van der Waals surface area contributed by atoms with Crippen molar-refractivity contribution >= 4 is 11.8 Å². The van der Waals surface area contributed by atoms with E-state index in [0.717, 1.165) is 29.1 Å². The highest BCUT2D eigenvalue weighted by Crippen LogP contribution is 2.24. The minimum Gasteiger partial charge on any atom is -0.389 e. The van der Waals surface area contributed by atoms with Crippen molar-refractivity contribution in [1.29, 1.82) is 0 Å². The molecule has 2 rings (SSSR count). The average molecular weight is 278 g/mol. The maximum absolute atomic E-state index is 9.55. The summed E-state index contributed by atoms with van der Waals surface area (Å²) in [5.74, 6) is 2.10. The molecule has 0 fully saturated rings. The van der Waals surface area contributed by atoms with Crippen LogP contribution in [-0.4, -0.2) is 15.2 Å². The van der Waals surface area contributed by atoms with E-state index in [2.05, 4.69) is 17.1 Å². The van der Waals surface area contributed by atoms with E-state index in [4.69, 9.17) is 4.52 Å². The van der Waals surface area contributed by atoms with Crippen molar-refractivity contribution in [2.45, 2.75) is 43.4 Å². The van der Waals surface area contributed by atoms with Crippen molar-refractivity contribution in [2.24, 2.45) is 0 Å². The summed E-state index contributed by atoms with van der Waals surface area (Å²) in [6.45, 7) is 3.85. The van der Waals surface area contributed by atoms with E-state index in [1.165, 1.54) is 0 Å². The number of thioether (sulfide) groups is 1. The predicted octanol–water partition coefficient (Wildman–Crippen LogP) is 3.37. The first-order valence-corrected chi connectivity index (χ1v) is 7.40. The summed E-state index contributed by atoms with van der Waals surface area (Å²) in [6.07, 6.45) is 1.39. The molecule has 1 atom stereocenters. The molecule has 102 valence electrons. The number of aliphatic hydroxyl groups is 1. The first-order chi connectivity index (χ1) is 9.19. The van der Waals surface area contributed by atoms with Crippen LogP contribution in [0.4, 0.5) is 0 Å². The highest BCUT2D eigenvalue weighted by atomic mass is 32.2. The molecule has 1 N–H and O–H groups in total. The topological polar surface area (TPSA) is 59.2 Å². The van der Waals surface area contributed by atoms with Gasteiger partial charge in [-0.05, 0) is 31.0 Å². The molecule has 4 nitrogen and oxygen atoms in total. The lowest BCUT2D eigenvalue weighted by molar-refractivity contribution is 0.199. The number of aromatic nitrogens is 2. The molecule has 19 heavy (non-hydrogen) atoms. The molecule has 0 spiro atoms. The summed E-state index contributed by atoms with van der Waals surface area (Å²) in [7, 11) is 0. The van der Waals surface area contributed by atoms with Crippen LogP contribution in [0.2, 0.25) is 0 Å². The van der Waals surface area contributed by atoms with E-state index in [1.54, 1.807) is 18.7 Å². The summed E-state index contributed by atoms with van der Waals surface area (Å²) in [4.78, 5) is 5.42. The van der Waals surface area contributed by atoms with Crippen molar-refractivity contribution in [3.63, 3.8) is 0 Å². The number of benzene rings is 1. The largest absolute Gasteiger partial charge is 0.389 e. The van der Waals surface area contributed by atoms with Gasteiger partial charge in [0, 0.05) is 11.3 Å². The molecule has 1 heterocycles. The zero-order chi connectivity index (χ0) is 13.7. The Balaban J connectivity index is 1.95. The number of hydrogen-bond donors (Lipinski definition) is 1. The smallest absolute Gasteiger partial charge is 0.226 e. The van der Waals surface area contributed by atoms with Crippen LogP contribution in [0.3, 0.4) is 0 Å². The maximum Gasteiger partial charge on any atom is 0.226 e. The monoisotopic (exact) mass is 278 g/mol. The van der Waals surface area contributed by atoms with Crippen LogP contribution in [0.1, 0.15) is 43.7 Å². The van der Waals surface area contributed by atoms with Gasteiger partial charge in [-0.25, -0.2) is 0 Å². The zero-order valence-electron chi connectivity index (χ0n) is 11.2. The summed E-state index contributed by atoms with van der Waals surface area (Å²) < 4.78 is 5.14. The van der Waals surface area contributed by atoms with Crippen molar-refractivity contribution in [1.82, 2.24) is 10.1 Å². The van der Waals surface area contributed by atoms with Crippen molar-refractivity contribution in [3.05, 3.63) is 41.5 Å². The Morgan fingerprint density at radius 1 is 1.42 bits per heavy atom. The average Bonchev–Trinajstić information content (AvgIpc) is 2.85. The Morgan fingerprint density at radius 2 is 2.26 bits per heavy atom. The molecular formula is C14H18N2O2S. The molecular weight excluding hydrogens is 260 g/mol. The zero-order valence-corrected chi connectivity index (χ0v) is 12.0. The summed E-state index contributed by atoms with van der Waals surface area (Å²) in [5, 5.41) is 13.5. The quantitative estimate of drug-likeness (QED) is 0.821. The second-order valence-electron chi connectivity index (χ2n) is 4.39. The molecule has 2 aromatic rings. The molecule has 1 aromatic carbocycles. The Morgan fingerprint density at radius 3 is 3.00 bits per heavy atom. The van der Waals surface area contributed by atoms with E-state index in [1.807, 2.05) is 24.3 Å². The van der Waals surface area contributed by atoms with Crippen LogP contribution in [0, 0.1) is 0 Å². The number of nitrogens with zero attached hydrogens (tertiary/aromatic N) is 2. The number of aliphatic hydroxyl groups excluding tert-OH is 1. The van der Waals surface area contributed by atoms with Gasteiger partial charge >= 0.3 is 0 Å². The van der Waals surface area contributed by atoms with Gasteiger partial charge in [-0.1, -0.05) is 24.2 Å². The van der Waals surface area contributed by atoms with Gasteiger partial charge in [0.15, 0.2) is 5.82 Å². The van der Waals surface area contributed by atoms with Crippen LogP contribution < -0.4 is 0 Å². The molecule has 1 unspecified atom stereocenters. The van der Waals surface area contributed by atoms with E-state index in [0.29, 0.717) is 11.6 Å². The molecule has 0 radical (unpaired) electrons. The molecule has 5 heteroatoms. The Kier molecular flexibility index (Phi) is 4.99. The fourth-order valence-corrected chi connectivity index (χ4v) is 2.48. The lowest BCUT2D eigenvalue weighted by Crippen LogP contribution is -1.91. The van der Waals surface area contributed by atoms with Crippen LogP contribution in [0.5, 0.6) is 0 Å². The van der Waals surface area contributed by atoms with Gasteiger partial charge in [0.05, 0.1) is 11.9 Å². The van der Waals surface area contributed by atoms with E-state index < -0.39 is 6.10 Å². The van der Waals surface area contributed by atoms with E-state index in [9.17, 15) is 5.11 Å². The lowest BCUT2D eigenvalue weighted by atomic mass is 10.1. The molecule has 0 aliphatic rings. The third-order valence-corrected chi connectivity index (χ3v) is 3.67. The first-order valence-electron chi connectivity index (χ1n) is 6.41. The third-order valence-electron chi connectivity index (χ3n) is 2.68. The highest BCUT2D eigenvalue weighted by Gasteiger charge is 2.07. The second kappa shape index (κ2) is 6.73. The van der Waals surface area contributed by atoms with Crippen LogP contribution in [-0.2, 0) is 12.2 Å². The second-order valence-corrected chi connectivity index (χ2v) is 5.44. The SMILES string of the molecule is CCCc1nc(CSc2cccc(C(C)O)c2)no1. The molecule has 0 amide bonds. The molecule has 0 aliphatic carbocycles. The molecule has 0 saturated heterocycles. The number of aryl methyl sites for hydroxylation is 1. The number of hydrogen-bond acceptors (Lipinski definition) is 5. The standard InChI is InChI=1S/C14H18N2O2S/c1-3-5-14-15-13(16-18-14)9-19-12-7-4-6-11(8-12)10(2)17/h4,6-8,10,17H,3,5,9H2,1-2H3. The highest BCUT2D eigenvalue weighted by molar-refractivity contribution is 7.98. The first kappa shape index (κ1) is 14.1. The van der Waals surface area contributed by atoms with Crippen molar-refractivity contribution < 1.29 is 9.63 Å². The Bertz CT molecular complexity index is 526. The van der Waals surface area contributed by atoms with Crippen molar-refractivity contribution in [3.8, 4) is 0 Å². The Hall–Kier alpha value is -1.33. The lowest BCUT2D eigenvalue weighted by Gasteiger charge is -2.06. The maximum atomic E-state index is 9.55. The third kappa shape index (κ3) is 4.08. The van der Waals surface area contributed by atoms with Gasteiger partial charge in [-0.15, -0.1) is 11.8 Å². The van der Waals surface area contributed by atoms with E-state index >= 15 is 0 Å². The van der Waals surface area contributed by atoms with Crippen LogP contribution in [0.25, 0.3) is 0 Å².